The quantitative estimate of drug-likeness (QED) is 0.194. The van der Waals surface area contributed by atoms with Gasteiger partial charge in [-0.3, -0.25) is 15.0 Å². The Balaban J connectivity index is 1.76. The summed E-state index contributed by atoms with van der Waals surface area (Å²) in [5, 5.41) is 4.75. The molecule has 186 valence electrons. The van der Waals surface area contributed by atoms with E-state index in [9.17, 15) is 14.4 Å². The first-order chi connectivity index (χ1) is 17.9. The van der Waals surface area contributed by atoms with Crippen molar-refractivity contribution in [2.45, 2.75) is 6.42 Å². The minimum Gasteiger partial charge on any atom is -0.497 e. The lowest BCUT2D eigenvalue weighted by molar-refractivity contribution is -0.118. The number of carbonyl (C=O) groups is 3. The minimum atomic E-state index is -0.934. The van der Waals surface area contributed by atoms with Gasteiger partial charge in [-0.05, 0) is 42.5 Å². The van der Waals surface area contributed by atoms with Crippen molar-refractivity contribution in [1.29, 1.82) is 0 Å². The third kappa shape index (κ3) is 6.29. The molecule has 1 heterocycles. The summed E-state index contributed by atoms with van der Waals surface area (Å²) in [4.78, 5) is 37.2. The van der Waals surface area contributed by atoms with Gasteiger partial charge >= 0.3 is 6.03 Å². The van der Waals surface area contributed by atoms with Crippen LogP contribution in [0.2, 0.25) is 0 Å². The van der Waals surface area contributed by atoms with Gasteiger partial charge in [-0.15, -0.1) is 0 Å². The third-order valence-corrected chi connectivity index (χ3v) is 5.49. The standard InChI is InChI=1S/C28H25N5O4/c1-37-24-14-12-19(13-15-24)25(34)17-21(27(35)30-31-28(29)36)16-22-18-33(23-10-6-3-7-11-23)32-26(22)20-8-4-2-5-9-20/h2-16,18H,17H2,1H3,(H,30,35)(H3,29,31,36)/b21-16+. The van der Waals surface area contributed by atoms with Gasteiger partial charge in [-0.2, -0.15) is 5.10 Å². The van der Waals surface area contributed by atoms with Gasteiger partial charge < -0.3 is 10.5 Å². The summed E-state index contributed by atoms with van der Waals surface area (Å²) >= 11 is 0. The number of ether oxygens (including phenoxy) is 1. The highest BCUT2D eigenvalue weighted by molar-refractivity contribution is 6.08. The Kier molecular flexibility index (Phi) is 7.75. The minimum absolute atomic E-state index is 0.111. The summed E-state index contributed by atoms with van der Waals surface area (Å²) in [6.45, 7) is 0. The number of methoxy groups -OCH3 is 1. The number of Topliss-reactive ketones (excluding diaryl/α,β-unsaturated/α-hetero) is 1. The molecule has 0 radical (unpaired) electrons. The summed E-state index contributed by atoms with van der Waals surface area (Å²) < 4.78 is 6.85. The monoisotopic (exact) mass is 495 g/mol. The van der Waals surface area contributed by atoms with Gasteiger partial charge in [0.1, 0.15) is 5.75 Å². The summed E-state index contributed by atoms with van der Waals surface area (Å²) in [5.74, 6) is -0.358. The van der Waals surface area contributed by atoms with Crippen molar-refractivity contribution in [3.8, 4) is 22.7 Å². The average Bonchev–Trinajstić information content (AvgIpc) is 3.36. The molecule has 0 bridgehead atoms. The summed E-state index contributed by atoms with van der Waals surface area (Å²) in [5.41, 5.74) is 12.8. The second-order valence-corrected chi connectivity index (χ2v) is 8.02. The number of rotatable bonds is 8. The molecule has 0 saturated carbocycles. The van der Waals surface area contributed by atoms with E-state index in [1.165, 1.54) is 7.11 Å². The molecule has 4 N–H and O–H groups in total. The van der Waals surface area contributed by atoms with Crippen LogP contribution in [0.3, 0.4) is 0 Å². The number of para-hydroxylation sites is 1. The highest BCUT2D eigenvalue weighted by Gasteiger charge is 2.19. The van der Waals surface area contributed by atoms with E-state index in [-0.39, 0.29) is 17.8 Å². The Morgan fingerprint density at radius 3 is 2.19 bits per heavy atom. The first-order valence-corrected chi connectivity index (χ1v) is 11.4. The molecule has 0 fully saturated rings. The maximum absolute atomic E-state index is 13.1. The maximum atomic E-state index is 13.1. The van der Waals surface area contributed by atoms with E-state index >= 15 is 0 Å². The molecule has 1 aromatic heterocycles. The van der Waals surface area contributed by atoms with Crippen LogP contribution in [0.15, 0.2) is 96.7 Å². The van der Waals surface area contributed by atoms with E-state index in [4.69, 9.17) is 15.6 Å². The normalized spacial score (nSPS) is 11.0. The summed E-state index contributed by atoms with van der Waals surface area (Å²) in [7, 11) is 1.54. The van der Waals surface area contributed by atoms with E-state index in [0.717, 1.165) is 11.3 Å². The van der Waals surface area contributed by atoms with Crippen molar-refractivity contribution < 1.29 is 19.1 Å². The molecule has 3 aromatic carbocycles. The van der Waals surface area contributed by atoms with Gasteiger partial charge in [0.2, 0.25) is 0 Å². The van der Waals surface area contributed by atoms with Crippen LogP contribution in [0.25, 0.3) is 23.0 Å². The van der Waals surface area contributed by atoms with E-state index in [0.29, 0.717) is 22.6 Å². The Labute approximate surface area is 213 Å². The lowest BCUT2D eigenvalue weighted by Crippen LogP contribution is -2.45. The Bertz CT molecular complexity index is 1430. The van der Waals surface area contributed by atoms with Crippen LogP contribution in [0, 0.1) is 0 Å². The number of hydrogen-bond acceptors (Lipinski definition) is 5. The van der Waals surface area contributed by atoms with E-state index in [1.807, 2.05) is 60.7 Å². The Morgan fingerprint density at radius 2 is 1.57 bits per heavy atom. The molecule has 0 atom stereocenters. The van der Waals surface area contributed by atoms with Crippen LogP contribution in [0.4, 0.5) is 4.79 Å². The molecule has 3 amide bonds. The largest absolute Gasteiger partial charge is 0.497 e. The molecule has 37 heavy (non-hydrogen) atoms. The number of benzene rings is 3. The number of hydrazine groups is 1. The van der Waals surface area contributed by atoms with Crippen molar-refractivity contribution in [3.63, 3.8) is 0 Å². The number of nitrogens with one attached hydrogen (secondary N) is 2. The molecule has 4 aromatic rings. The molecule has 0 saturated heterocycles. The number of amides is 3. The number of primary amides is 1. The number of aromatic nitrogens is 2. The third-order valence-electron chi connectivity index (χ3n) is 5.49. The van der Waals surface area contributed by atoms with Gasteiger partial charge in [-0.25, -0.2) is 14.9 Å². The predicted molar refractivity (Wildman–Crippen MR) is 140 cm³/mol. The number of ketones is 1. The first-order valence-electron chi connectivity index (χ1n) is 11.4. The summed E-state index contributed by atoms with van der Waals surface area (Å²) in [6.07, 6.45) is 3.14. The number of urea groups is 1. The lowest BCUT2D eigenvalue weighted by Gasteiger charge is -2.09. The number of nitrogens with two attached hydrogens (primary N) is 1. The van der Waals surface area contributed by atoms with Crippen LogP contribution in [-0.4, -0.2) is 34.6 Å². The zero-order valence-electron chi connectivity index (χ0n) is 20.0. The van der Waals surface area contributed by atoms with Crippen LogP contribution < -0.4 is 21.3 Å². The second-order valence-electron chi connectivity index (χ2n) is 8.02. The lowest BCUT2D eigenvalue weighted by atomic mass is 9.99. The highest BCUT2D eigenvalue weighted by Crippen LogP contribution is 2.27. The van der Waals surface area contributed by atoms with Crippen molar-refractivity contribution >= 4 is 23.8 Å². The second kappa shape index (κ2) is 11.5. The van der Waals surface area contributed by atoms with Crippen molar-refractivity contribution in [2.75, 3.05) is 7.11 Å². The van der Waals surface area contributed by atoms with Gasteiger partial charge in [0.05, 0.1) is 18.5 Å². The predicted octanol–water partition coefficient (Wildman–Crippen LogP) is 3.90. The van der Waals surface area contributed by atoms with E-state index in [1.54, 1.807) is 41.2 Å². The van der Waals surface area contributed by atoms with Crippen molar-refractivity contribution in [3.05, 3.63) is 108 Å². The molecule has 0 aliphatic heterocycles. The maximum Gasteiger partial charge on any atom is 0.330 e. The molecule has 0 unspecified atom stereocenters. The molecule has 0 spiro atoms. The Morgan fingerprint density at radius 1 is 0.919 bits per heavy atom. The van der Waals surface area contributed by atoms with Gasteiger partial charge in [0, 0.05) is 34.9 Å². The first kappa shape index (κ1) is 24.9. The highest BCUT2D eigenvalue weighted by atomic mass is 16.5. The fraction of sp³-hybridized carbons (Fsp3) is 0.0714. The van der Waals surface area contributed by atoms with Crippen LogP contribution in [0.1, 0.15) is 22.3 Å². The molecule has 0 aliphatic rings. The van der Waals surface area contributed by atoms with Gasteiger partial charge in [-0.1, -0.05) is 48.5 Å². The number of nitrogens with zero attached hydrogens (tertiary/aromatic N) is 2. The molecule has 0 aliphatic carbocycles. The van der Waals surface area contributed by atoms with Crippen LogP contribution in [-0.2, 0) is 4.79 Å². The molecule has 9 nitrogen and oxygen atoms in total. The molecular formula is C28H25N5O4. The average molecular weight is 496 g/mol. The van der Waals surface area contributed by atoms with Crippen LogP contribution in [0.5, 0.6) is 5.75 Å². The fourth-order valence-electron chi connectivity index (χ4n) is 3.66. The van der Waals surface area contributed by atoms with E-state index in [2.05, 4.69) is 10.9 Å². The number of carbonyl (C=O) groups excluding carboxylic acids is 3. The van der Waals surface area contributed by atoms with Gasteiger partial charge in [0.25, 0.3) is 5.91 Å². The smallest absolute Gasteiger partial charge is 0.330 e. The summed E-state index contributed by atoms with van der Waals surface area (Å²) in [6, 6.07) is 24.7. The zero-order chi connectivity index (χ0) is 26.2. The number of hydrogen-bond donors (Lipinski definition) is 3. The van der Waals surface area contributed by atoms with Gasteiger partial charge in [0.15, 0.2) is 5.78 Å². The zero-order valence-corrected chi connectivity index (χ0v) is 20.0. The Hall–Kier alpha value is -5.18. The van der Waals surface area contributed by atoms with E-state index < -0.39 is 11.9 Å². The topological polar surface area (TPSA) is 128 Å². The SMILES string of the molecule is COc1ccc(C(=O)C/C(=C\c2cn(-c3ccccc3)nc2-c2ccccc2)C(=O)NNC(N)=O)cc1. The fourth-order valence-corrected chi connectivity index (χ4v) is 3.66. The van der Waals surface area contributed by atoms with Crippen molar-refractivity contribution in [2.24, 2.45) is 5.73 Å². The van der Waals surface area contributed by atoms with Crippen LogP contribution >= 0.6 is 0 Å². The molecular weight excluding hydrogens is 470 g/mol. The molecule has 9 heteroatoms. The van der Waals surface area contributed by atoms with Crippen molar-refractivity contribution in [1.82, 2.24) is 20.6 Å². The molecule has 4 rings (SSSR count).